The molecule has 4 aromatic carbocycles. The Morgan fingerprint density at radius 1 is 0.275 bits per heavy atom. The van der Waals surface area contributed by atoms with Crippen LogP contribution in [-0.4, -0.2) is 149 Å². The van der Waals surface area contributed by atoms with Gasteiger partial charge in [0.15, 0.2) is 37.7 Å². The Morgan fingerprint density at radius 2 is 0.464 bits per heavy atom. The Balaban J connectivity index is -0.000000697. The fourth-order valence-electron chi connectivity index (χ4n) is 13.4. The van der Waals surface area contributed by atoms with Crippen LogP contribution >= 0.6 is 0 Å². The predicted molar refractivity (Wildman–Crippen MR) is 619 cm³/mol. The van der Waals surface area contributed by atoms with Gasteiger partial charge in [0.2, 0.25) is 0 Å². The van der Waals surface area contributed by atoms with Gasteiger partial charge in [-0.25, -0.2) is 0 Å². The third-order valence-corrected chi connectivity index (χ3v) is 38.0. The second kappa shape index (κ2) is 92.6. The Morgan fingerprint density at radius 3 is 0.601 bits per heavy atom. The maximum Gasteiger partial charge on any atom is 0.181 e. The number of epoxide rings is 6. The quantitative estimate of drug-likeness (QED) is 0.0262. The van der Waals surface area contributed by atoms with Gasteiger partial charge in [-0.05, 0) is 109 Å². The molecule has 138 heavy (non-hydrogen) atoms. The number of allylic oxidation sites excluding steroid dienone is 6. The summed E-state index contributed by atoms with van der Waals surface area (Å²) in [7, 11) is -4.15. The van der Waals surface area contributed by atoms with Crippen LogP contribution in [0.25, 0.3) is 0 Å². The highest BCUT2D eigenvalue weighted by Crippen LogP contribution is 2.48. The number of ether oxygens (including phenoxy) is 12. The van der Waals surface area contributed by atoms with Crippen LogP contribution in [0.4, 0.5) is 0 Å². The lowest BCUT2D eigenvalue weighted by Crippen LogP contribution is -2.52. The van der Waals surface area contributed by atoms with Crippen LogP contribution in [0.1, 0.15) is 317 Å². The molecule has 6 saturated heterocycles. The van der Waals surface area contributed by atoms with Crippen LogP contribution in [0, 0.1) is 41.4 Å². The Hall–Kier alpha value is -4.29. The molecule has 5 unspecified atom stereocenters. The van der Waals surface area contributed by atoms with Crippen molar-refractivity contribution >= 4 is 47.9 Å². The van der Waals surface area contributed by atoms with Gasteiger partial charge >= 0.3 is 0 Å². The normalized spacial score (nSPS) is 18.9. The molecule has 10 aliphatic rings. The minimum Gasteiger partial charge on any atom is -0.350 e. The van der Waals surface area contributed by atoms with Crippen LogP contribution in [0.3, 0.4) is 0 Å². The fourth-order valence-corrected chi connectivity index (χ4v) is 23.6. The summed E-state index contributed by atoms with van der Waals surface area (Å²) in [6, 6.07) is 42.9. The van der Waals surface area contributed by atoms with E-state index in [4.69, 9.17) is 56.8 Å². The molecular formula is C122H224O12Si4. The van der Waals surface area contributed by atoms with E-state index >= 15 is 0 Å². The highest BCUT2D eigenvalue weighted by atomic mass is 28.3. The lowest BCUT2D eigenvalue weighted by Gasteiger charge is -2.43. The van der Waals surface area contributed by atoms with E-state index in [1.165, 1.54) is 141 Å². The van der Waals surface area contributed by atoms with Crippen LogP contribution in [-0.2, 0) is 63.3 Å². The summed E-state index contributed by atoms with van der Waals surface area (Å²) in [5.41, 5.74) is 4.90. The second-order valence-electron chi connectivity index (χ2n) is 42.6. The first kappa shape index (κ1) is 140. The van der Waals surface area contributed by atoms with E-state index in [0.29, 0.717) is 35.5 Å². The van der Waals surface area contributed by atoms with E-state index in [1.54, 1.807) is 25.7 Å². The van der Waals surface area contributed by atoms with Gasteiger partial charge in [-0.15, -0.1) is 39.5 Å². The van der Waals surface area contributed by atoms with Crippen LogP contribution in [0.2, 0.25) is 82.1 Å². The van der Waals surface area contributed by atoms with Gasteiger partial charge < -0.3 is 56.8 Å². The van der Waals surface area contributed by atoms with Crippen molar-refractivity contribution < 1.29 is 56.8 Å². The Bertz CT molecular complexity index is 2960. The molecule has 4 saturated carbocycles. The smallest absolute Gasteiger partial charge is 0.181 e. The summed E-state index contributed by atoms with van der Waals surface area (Å²) in [6.07, 6.45) is 52.1. The van der Waals surface area contributed by atoms with Crippen molar-refractivity contribution in [2.75, 3.05) is 79.3 Å². The molecular weight excluding hydrogens is 1770 g/mol. The zero-order valence-corrected chi connectivity index (χ0v) is 99.7. The average molecular weight is 2000 g/mol. The fraction of sp³-hybridized carbons (Fsp3) is 0.705. The zero-order chi connectivity index (χ0) is 105. The van der Waals surface area contributed by atoms with Crippen molar-refractivity contribution in [1.82, 2.24) is 0 Å². The average Bonchev–Trinajstić information content (AvgIpc) is 1.06. The van der Waals surface area contributed by atoms with E-state index < -0.39 is 32.3 Å². The highest BCUT2D eigenvalue weighted by Gasteiger charge is 2.40. The molecule has 0 amide bonds. The SMILES string of the molecule is C=CC(C)C.C=CC(C)C.C=CC(C)C.C=CC(C)C.C=CC(C)C.C=CC(C)C.CCC1CCCCC1.CCCOC1CO1.CCCOC1CO1.CCCOC1CO1.CCCOC1CO1.CCCOC1CO1.CCCO[C@@H]1CO1.CCc1ccccc1.C[Si](C)(C)C1CCCCC1.C[Si](C)(C)c1ccccc1.C[Si](C)(C1CCCCC1)C1CCCCC1.C[Si](C)(c1ccccc1)c1ccccc1. The molecule has 0 aromatic heterocycles. The number of rotatable bonds is 32. The minimum absolute atomic E-state index is 0.153. The van der Waals surface area contributed by atoms with Gasteiger partial charge in [0, 0.05) is 47.7 Å². The van der Waals surface area contributed by atoms with E-state index in [1.807, 2.05) is 42.5 Å². The summed E-state index contributed by atoms with van der Waals surface area (Å²) in [5.74, 6) is 4.98. The molecule has 12 nitrogen and oxygen atoms in total. The maximum absolute atomic E-state index is 5.08. The molecule has 10 fully saturated rings. The number of hydrogen-bond acceptors (Lipinski definition) is 12. The van der Waals surface area contributed by atoms with Gasteiger partial charge in [-0.2, -0.15) is 0 Å². The first-order valence-electron chi connectivity index (χ1n) is 55.1. The van der Waals surface area contributed by atoms with Gasteiger partial charge in [0.05, 0.1) is 16.1 Å². The monoisotopic (exact) mass is 1990 g/mol. The lowest BCUT2D eigenvalue weighted by molar-refractivity contribution is 0.0505. The summed E-state index contributed by atoms with van der Waals surface area (Å²) >= 11 is 0. The number of benzene rings is 4. The van der Waals surface area contributed by atoms with Crippen molar-refractivity contribution in [1.29, 1.82) is 0 Å². The van der Waals surface area contributed by atoms with Crippen molar-refractivity contribution in [3.8, 4) is 0 Å². The summed E-state index contributed by atoms with van der Waals surface area (Å²) < 4.78 is 59.2. The first-order valence-corrected chi connectivity index (χ1v) is 68.3. The largest absolute Gasteiger partial charge is 0.350 e. The number of hydrogen-bond donors (Lipinski definition) is 0. The molecule has 4 aromatic rings. The van der Waals surface area contributed by atoms with Gasteiger partial charge in [0.25, 0.3) is 0 Å². The number of aryl methyl sites for hydroxylation is 1. The van der Waals surface area contributed by atoms with E-state index in [0.717, 1.165) is 136 Å². The van der Waals surface area contributed by atoms with Gasteiger partial charge in [0.1, 0.15) is 47.7 Å². The molecule has 0 radical (unpaired) electrons. The topological polar surface area (TPSA) is 131 Å². The van der Waals surface area contributed by atoms with Gasteiger partial charge in [-0.1, -0.05) is 512 Å². The molecule has 16 heteroatoms. The van der Waals surface area contributed by atoms with Crippen molar-refractivity contribution in [2.45, 2.75) is 438 Å². The van der Waals surface area contributed by atoms with Crippen LogP contribution in [0.15, 0.2) is 197 Å². The molecule has 0 bridgehead atoms. The van der Waals surface area contributed by atoms with E-state index in [-0.39, 0.29) is 37.7 Å². The minimum atomic E-state index is -1.46. The molecule has 6 aliphatic heterocycles. The lowest BCUT2D eigenvalue weighted by atomic mass is 9.88. The summed E-state index contributed by atoms with van der Waals surface area (Å²) in [4.78, 5) is 0. The second-order valence-corrected chi connectivity index (χ2v) is 62.9. The molecule has 800 valence electrons. The summed E-state index contributed by atoms with van der Waals surface area (Å²) in [5, 5.41) is 4.53. The highest BCUT2D eigenvalue weighted by molar-refractivity contribution is 7.00. The molecule has 0 spiro atoms. The van der Waals surface area contributed by atoms with E-state index in [2.05, 4.69) is 359 Å². The molecule has 0 N–H and O–H groups in total. The van der Waals surface area contributed by atoms with Crippen LogP contribution < -0.4 is 15.6 Å². The first-order chi connectivity index (χ1) is 65.7. The third kappa shape index (κ3) is 95.2. The Kier molecular flexibility index (Phi) is 93.9. The van der Waals surface area contributed by atoms with E-state index in [9.17, 15) is 0 Å². The zero-order valence-electron chi connectivity index (χ0n) is 95.7. The van der Waals surface area contributed by atoms with Crippen molar-refractivity contribution in [2.24, 2.45) is 41.4 Å². The Labute approximate surface area is 860 Å². The predicted octanol–water partition coefficient (Wildman–Crippen LogP) is 34.6. The molecule has 4 aliphatic carbocycles. The standard InChI is InChI=1S/C14H28Si.C14H16Si.C9H20Si.C9H14Si.C8H16.C8H10.6C5H10O2.6C5H10/c2*1-15(2,13-9-5-3-6-10-13)14-11-7-4-8-12-14;2*1-10(2,3)9-7-5-4-6-8-9;2*1-2-8-6-4-3-5-7-8;6*1-2-3-6-5-4-7-5;6*1-4-5(2)3/h13-14H,3-12H2,1-2H3;3-12H,1-2H3;9H,4-8H2,1-3H3;4-8H,1-3H3;8H,2-7H2,1H3;3-7H,2H2,1H3;6*5H,2-4H2,1H3;6*4-5H,1H2,2-3H3/t;;;;;;5-;;;;;;;;;;;/m......0.........../s1. The van der Waals surface area contributed by atoms with Crippen molar-refractivity contribution in [3.63, 3.8) is 0 Å². The van der Waals surface area contributed by atoms with Gasteiger partial charge in [-0.3, -0.25) is 0 Å². The van der Waals surface area contributed by atoms with Crippen molar-refractivity contribution in [3.05, 3.63) is 203 Å². The molecule has 6 heterocycles. The van der Waals surface area contributed by atoms with Crippen LogP contribution in [0.5, 0.6) is 0 Å². The molecule has 14 rings (SSSR count). The third-order valence-electron chi connectivity index (χ3n) is 24.0. The summed E-state index contributed by atoms with van der Waals surface area (Å²) in [6.45, 7) is 98.3. The molecule has 6 atom stereocenters. The maximum atomic E-state index is 5.08.